The summed E-state index contributed by atoms with van der Waals surface area (Å²) in [6.07, 6.45) is 3.02. The molecule has 2 rings (SSSR count). The Morgan fingerprint density at radius 2 is 2.10 bits per heavy atom. The smallest absolute Gasteiger partial charge is 0.337 e. The van der Waals surface area contributed by atoms with E-state index in [1.807, 2.05) is 0 Å². The minimum absolute atomic E-state index is 0.0201. The number of amides is 2. The number of benzene rings is 1. The normalized spacial score (nSPS) is 10.1. The van der Waals surface area contributed by atoms with E-state index in [0.29, 0.717) is 11.0 Å². The molecule has 1 aromatic carbocycles. The lowest BCUT2D eigenvalue weighted by Gasteiger charge is -2.09. The van der Waals surface area contributed by atoms with E-state index in [1.165, 1.54) is 24.7 Å². The fraction of sp³-hybridized carbons (Fsp3) is 0.0769. The van der Waals surface area contributed by atoms with Crippen LogP contribution in [0.1, 0.15) is 15.9 Å². The molecule has 7 heteroatoms. The van der Waals surface area contributed by atoms with Crippen molar-refractivity contribution in [2.45, 2.75) is 6.54 Å². The maximum atomic E-state index is 11.7. The van der Waals surface area contributed by atoms with Crippen LogP contribution < -0.4 is 10.6 Å². The number of hydrogen-bond donors (Lipinski definition) is 3. The van der Waals surface area contributed by atoms with E-state index in [4.69, 9.17) is 9.52 Å². The zero-order valence-electron chi connectivity index (χ0n) is 10.2. The van der Waals surface area contributed by atoms with Crippen LogP contribution in [0.3, 0.4) is 0 Å². The lowest BCUT2D eigenvalue weighted by atomic mass is 10.2. The Kier molecular flexibility index (Phi) is 4.41. The fourth-order valence-electron chi connectivity index (χ4n) is 1.55. The second-order valence-electron chi connectivity index (χ2n) is 3.93. The first kappa shape index (κ1) is 14.1. The van der Waals surface area contributed by atoms with Crippen LogP contribution in [0.2, 0.25) is 0 Å². The molecule has 0 aliphatic rings. The van der Waals surface area contributed by atoms with Gasteiger partial charge in [0.1, 0.15) is 0 Å². The van der Waals surface area contributed by atoms with Gasteiger partial charge < -0.3 is 20.2 Å². The van der Waals surface area contributed by atoms with E-state index in [2.05, 4.69) is 26.6 Å². The first-order chi connectivity index (χ1) is 9.56. The van der Waals surface area contributed by atoms with Crippen LogP contribution >= 0.6 is 15.9 Å². The number of furan rings is 1. The van der Waals surface area contributed by atoms with E-state index >= 15 is 0 Å². The molecule has 0 atom stereocenters. The lowest BCUT2D eigenvalue weighted by molar-refractivity contribution is 0.0698. The van der Waals surface area contributed by atoms with Crippen molar-refractivity contribution in [2.75, 3.05) is 5.32 Å². The molecule has 1 heterocycles. The summed E-state index contributed by atoms with van der Waals surface area (Å²) in [5.74, 6) is -1.11. The van der Waals surface area contributed by atoms with Gasteiger partial charge in [0.15, 0.2) is 0 Å². The maximum absolute atomic E-state index is 11.7. The van der Waals surface area contributed by atoms with E-state index in [0.717, 1.165) is 5.56 Å². The molecule has 1 aromatic heterocycles. The SMILES string of the molecule is O=C(NCc1ccoc1)Nc1cc(Br)ccc1C(=O)O. The van der Waals surface area contributed by atoms with Crippen LogP contribution in [0.25, 0.3) is 0 Å². The monoisotopic (exact) mass is 338 g/mol. The lowest BCUT2D eigenvalue weighted by Crippen LogP contribution is -2.28. The highest BCUT2D eigenvalue weighted by molar-refractivity contribution is 9.10. The summed E-state index contributed by atoms with van der Waals surface area (Å²) in [5, 5.41) is 14.2. The molecule has 0 bridgehead atoms. The van der Waals surface area contributed by atoms with Gasteiger partial charge in [-0.15, -0.1) is 0 Å². The van der Waals surface area contributed by atoms with E-state index in [-0.39, 0.29) is 11.3 Å². The van der Waals surface area contributed by atoms with Crippen molar-refractivity contribution < 1.29 is 19.1 Å². The molecule has 0 aliphatic carbocycles. The molecule has 0 unspecified atom stereocenters. The van der Waals surface area contributed by atoms with Crippen molar-refractivity contribution in [3.8, 4) is 0 Å². The summed E-state index contributed by atoms with van der Waals surface area (Å²) in [5.41, 5.74) is 1.05. The molecule has 3 N–H and O–H groups in total. The van der Waals surface area contributed by atoms with Crippen molar-refractivity contribution in [3.05, 3.63) is 52.4 Å². The number of carboxylic acid groups (broad SMARTS) is 1. The predicted molar refractivity (Wildman–Crippen MR) is 75.7 cm³/mol. The van der Waals surface area contributed by atoms with Gasteiger partial charge in [-0.2, -0.15) is 0 Å². The highest BCUT2D eigenvalue weighted by atomic mass is 79.9. The average Bonchev–Trinajstić information content (AvgIpc) is 2.89. The van der Waals surface area contributed by atoms with Gasteiger partial charge in [0.25, 0.3) is 0 Å². The third-order valence-electron chi connectivity index (χ3n) is 2.49. The van der Waals surface area contributed by atoms with Crippen molar-refractivity contribution in [1.29, 1.82) is 0 Å². The molecule has 0 fully saturated rings. The van der Waals surface area contributed by atoms with Crippen molar-refractivity contribution in [1.82, 2.24) is 5.32 Å². The Morgan fingerprint density at radius 3 is 2.75 bits per heavy atom. The Hall–Kier alpha value is -2.28. The predicted octanol–water partition coefficient (Wildman–Crippen LogP) is 3.06. The van der Waals surface area contributed by atoms with Crippen LogP contribution in [0.15, 0.2) is 45.7 Å². The minimum Gasteiger partial charge on any atom is -0.478 e. The van der Waals surface area contributed by atoms with E-state index in [9.17, 15) is 9.59 Å². The van der Waals surface area contributed by atoms with Gasteiger partial charge in [0.2, 0.25) is 0 Å². The molecule has 2 aromatic rings. The number of nitrogens with one attached hydrogen (secondary N) is 2. The number of urea groups is 1. The Balaban J connectivity index is 2.03. The highest BCUT2D eigenvalue weighted by Crippen LogP contribution is 2.21. The van der Waals surface area contributed by atoms with Gasteiger partial charge in [-0.05, 0) is 24.3 Å². The molecular formula is C13H11BrN2O4. The van der Waals surface area contributed by atoms with Gasteiger partial charge >= 0.3 is 12.0 Å². The average molecular weight is 339 g/mol. The molecule has 0 spiro atoms. The minimum atomic E-state index is -1.11. The molecule has 20 heavy (non-hydrogen) atoms. The number of carboxylic acids is 1. The number of hydrogen-bond acceptors (Lipinski definition) is 3. The molecule has 0 aliphatic heterocycles. The first-order valence-corrected chi connectivity index (χ1v) is 6.44. The number of anilines is 1. The largest absolute Gasteiger partial charge is 0.478 e. The van der Waals surface area contributed by atoms with Gasteiger partial charge in [-0.1, -0.05) is 15.9 Å². The number of carbonyl (C=O) groups excluding carboxylic acids is 1. The summed E-state index contributed by atoms with van der Waals surface area (Å²) in [6, 6.07) is 5.77. The third kappa shape index (κ3) is 3.61. The summed E-state index contributed by atoms with van der Waals surface area (Å²) < 4.78 is 5.55. The van der Waals surface area contributed by atoms with Crippen LogP contribution in [0, 0.1) is 0 Å². The van der Waals surface area contributed by atoms with Gasteiger partial charge in [0.05, 0.1) is 23.8 Å². The standard InChI is InChI=1S/C13H11BrN2O4/c14-9-1-2-10(12(17)18)11(5-9)16-13(19)15-6-8-3-4-20-7-8/h1-5,7H,6H2,(H,17,18)(H2,15,16,19). The first-order valence-electron chi connectivity index (χ1n) is 5.65. The van der Waals surface area contributed by atoms with Crippen molar-refractivity contribution >= 4 is 33.6 Å². The molecule has 104 valence electrons. The maximum Gasteiger partial charge on any atom is 0.337 e. The zero-order chi connectivity index (χ0) is 14.5. The fourth-order valence-corrected chi connectivity index (χ4v) is 1.91. The quantitative estimate of drug-likeness (QED) is 0.798. The third-order valence-corrected chi connectivity index (χ3v) is 2.99. The Morgan fingerprint density at radius 1 is 1.30 bits per heavy atom. The molecule has 0 saturated heterocycles. The van der Waals surface area contributed by atoms with Crippen molar-refractivity contribution in [3.63, 3.8) is 0 Å². The van der Waals surface area contributed by atoms with E-state index in [1.54, 1.807) is 12.1 Å². The number of carbonyl (C=O) groups is 2. The summed E-state index contributed by atoms with van der Waals surface area (Å²) in [7, 11) is 0. The van der Waals surface area contributed by atoms with E-state index < -0.39 is 12.0 Å². The highest BCUT2D eigenvalue weighted by Gasteiger charge is 2.12. The van der Waals surface area contributed by atoms with Gasteiger partial charge in [-0.25, -0.2) is 9.59 Å². The number of aromatic carboxylic acids is 1. The summed E-state index contributed by atoms with van der Waals surface area (Å²) in [6.45, 7) is 0.290. The van der Waals surface area contributed by atoms with Crippen molar-refractivity contribution in [2.24, 2.45) is 0 Å². The second kappa shape index (κ2) is 6.25. The molecule has 6 nitrogen and oxygen atoms in total. The second-order valence-corrected chi connectivity index (χ2v) is 4.85. The molecule has 0 saturated carbocycles. The zero-order valence-corrected chi connectivity index (χ0v) is 11.8. The van der Waals surface area contributed by atoms with Gasteiger partial charge in [0, 0.05) is 16.6 Å². The number of rotatable bonds is 4. The van der Waals surface area contributed by atoms with Gasteiger partial charge in [-0.3, -0.25) is 0 Å². The topological polar surface area (TPSA) is 91.6 Å². The number of halogens is 1. The van der Waals surface area contributed by atoms with Crippen LogP contribution in [-0.2, 0) is 6.54 Å². The van der Waals surface area contributed by atoms with Crippen LogP contribution in [0.4, 0.5) is 10.5 Å². The summed E-state index contributed by atoms with van der Waals surface area (Å²) in [4.78, 5) is 22.8. The summed E-state index contributed by atoms with van der Waals surface area (Å²) >= 11 is 3.23. The molecular weight excluding hydrogens is 328 g/mol. The van der Waals surface area contributed by atoms with Crippen LogP contribution in [0.5, 0.6) is 0 Å². The Labute approximate surface area is 122 Å². The Bertz CT molecular complexity index is 625. The molecule has 0 radical (unpaired) electrons. The van der Waals surface area contributed by atoms with Crippen LogP contribution in [-0.4, -0.2) is 17.1 Å². The molecule has 2 amide bonds.